The third-order valence-electron chi connectivity index (χ3n) is 4.37. The predicted molar refractivity (Wildman–Crippen MR) is 85.5 cm³/mol. The van der Waals surface area contributed by atoms with Crippen LogP contribution in [0.15, 0.2) is 24.3 Å². The Hall–Kier alpha value is -1.55. The molecule has 0 bridgehead atoms. The average Bonchev–Trinajstić information content (AvgIpc) is 2.47. The summed E-state index contributed by atoms with van der Waals surface area (Å²) in [5.41, 5.74) is 1.90. The molecule has 3 N–H and O–H groups in total. The molecule has 0 radical (unpaired) electrons. The summed E-state index contributed by atoms with van der Waals surface area (Å²) in [6, 6.07) is 8.03. The number of hydrogen-bond acceptors (Lipinski definition) is 3. The van der Waals surface area contributed by atoms with E-state index in [0.29, 0.717) is 11.6 Å². The van der Waals surface area contributed by atoms with E-state index >= 15 is 0 Å². The molecule has 1 amide bonds. The minimum atomic E-state index is -0.143. The second-order valence-corrected chi connectivity index (χ2v) is 6.49. The number of rotatable bonds is 5. The molecule has 4 nitrogen and oxygen atoms in total. The first-order valence-corrected chi connectivity index (χ1v) is 7.78. The molecule has 116 valence electrons. The summed E-state index contributed by atoms with van der Waals surface area (Å²) >= 11 is 0. The van der Waals surface area contributed by atoms with E-state index in [-0.39, 0.29) is 24.5 Å². The Morgan fingerprint density at radius 3 is 2.90 bits per heavy atom. The highest BCUT2D eigenvalue weighted by atomic mass is 16.3. The highest BCUT2D eigenvalue weighted by Crippen LogP contribution is 2.37. The van der Waals surface area contributed by atoms with Crippen molar-refractivity contribution in [2.75, 3.05) is 18.5 Å². The maximum absolute atomic E-state index is 11.9. The van der Waals surface area contributed by atoms with Gasteiger partial charge < -0.3 is 15.7 Å². The van der Waals surface area contributed by atoms with E-state index in [4.69, 9.17) is 5.11 Å². The summed E-state index contributed by atoms with van der Waals surface area (Å²) in [6.07, 6.45) is 4.97. The van der Waals surface area contributed by atoms with Gasteiger partial charge in [-0.15, -0.1) is 0 Å². The Kier molecular flexibility index (Phi) is 5.23. The van der Waals surface area contributed by atoms with Gasteiger partial charge in [0.2, 0.25) is 0 Å². The molecule has 1 aliphatic carbocycles. The first-order chi connectivity index (χ1) is 10.0. The van der Waals surface area contributed by atoms with Crippen molar-refractivity contribution in [1.82, 2.24) is 5.32 Å². The van der Waals surface area contributed by atoms with Crippen LogP contribution < -0.4 is 10.6 Å². The molecular formula is C17H26N2O2. The molecule has 0 aliphatic heterocycles. The number of carbonyl (C=O) groups excluding carboxylic acids is 1. The largest absolute Gasteiger partial charge is 0.395 e. The van der Waals surface area contributed by atoms with Crippen LogP contribution in [0.5, 0.6) is 0 Å². The second kappa shape index (κ2) is 6.94. The fourth-order valence-corrected chi connectivity index (χ4v) is 2.98. The molecule has 1 aliphatic rings. The summed E-state index contributed by atoms with van der Waals surface area (Å²) < 4.78 is 0. The lowest BCUT2D eigenvalue weighted by molar-refractivity contribution is 0.0945. The van der Waals surface area contributed by atoms with Gasteiger partial charge in [-0.2, -0.15) is 0 Å². The molecule has 0 spiro atoms. The Morgan fingerprint density at radius 1 is 1.38 bits per heavy atom. The first-order valence-electron chi connectivity index (χ1n) is 7.78. The van der Waals surface area contributed by atoms with Gasteiger partial charge >= 0.3 is 0 Å². The van der Waals surface area contributed by atoms with Crippen LogP contribution in [0.25, 0.3) is 0 Å². The van der Waals surface area contributed by atoms with Crippen molar-refractivity contribution in [3.8, 4) is 0 Å². The van der Waals surface area contributed by atoms with E-state index in [1.165, 1.54) is 25.7 Å². The van der Waals surface area contributed by atoms with E-state index in [1.807, 2.05) is 18.2 Å². The second-order valence-electron chi connectivity index (χ2n) is 6.49. The fourth-order valence-electron chi connectivity index (χ4n) is 2.98. The molecule has 2 rings (SSSR count). The van der Waals surface area contributed by atoms with Gasteiger partial charge in [0.15, 0.2) is 0 Å². The Labute approximate surface area is 126 Å². The maximum Gasteiger partial charge on any atom is 0.251 e. The van der Waals surface area contributed by atoms with Crippen molar-refractivity contribution >= 4 is 11.6 Å². The van der Waals surface area contributed by atoms with Crippen molar-refractivity contribution in [1.29, 1.82) is 0 Å². The first kappa shape index (κ1) is 15.8. The number of anilines is 1. The molecule has 0 saturated heterocycles. The van der Waals surface area contributed by atoms with Crippen LogP contribution in [0.1, 0.15) is 49.9 Å². The van der Waals surface area contributed by atoms with Crippen molar-refractivity contribution < 1.29 is 9.90 Å². The van der Waals surface area contributed by atoms with E-state index in [0.717, 1.165) is 5.69 Å². The smallest absolute Gasteiger partial charge is 0.251 e. The molecule has 4 heteroatoms. The lowest BCUT2D eigenvalue weighted by atomic mass is 9.73. The highest BCUT2D eigenvalue weighted by Gasteiger charge is 2.31. The molecule has 1 unspecified atom stereocenters. The maximum atomic E-state index is 11.9. The summed E-state index contributed by atoms with van der Waals surface area (Å²) in [5.74, 6) is -0.143. The van der Waals surface area contributed by atoms with Crippen LogP contribution in [0.4, 0.5) is 5.69 Å². The van der Waals surface area contributed by atoms with Crippen LogP contribution in [-0.2, 0) is 0 Å². The molecular weight excluding hydrogens is 264 g/mol. The lowest BCUT2D eigenvalue weighted by Crippen LogP contribution is -2.39. The van der Waals surface area contributed by atoms with Crippen LogP contribution in [0.3, 0.4) is 0 Å². The Bertz CT molecular complexity index is 485. The number of amides is 1. The molecule has 0 heterocycles. The molecule has 1 saturated carbocycles. The van der Waals surface area contributed by atoms with Gasteiger partial charge in [0.25, 0.3) is 5.91 Å². The van der Waals surface area contributed by atoms with Crippen molar-refractivity contribution in [2.24, 2.45) is 5.41 Å². The van der Waals surface area contributed by atoms with Crippen molar-refractivity contribution in [3.05, 3.63) is 29.8 Å². The van der Waals surface area contributed by atoms with Crippen LogP contribution in [0.2, 0.25) is 0 Å². The van der Waals surface area contributed by atoms with Gasteiger partial charge in [-0.3, -0.25) is 4.79 Å². The zero-order valence-corrected chi connectivity index (χ0v) is 13.0. The third kappa shape index (κ3) is 4.21. The van der Waals surface area contributed by atoms with Crippen LogP contribution in [0, 0.1) is 5.41 Å². The summed E-state index contributed by atoms with van der Waals surface area (Å²) in [7, 11) is 0. The standard InChI is InChI=1S/C17H26N2O2/c1-17(2)9-4-3-8-15(17)19-14-7-5-6-13(12-14)16(21)18-10-11-20/h5-7,12,15,19-20H,3-4,8-11H2,1-2H3,(H,18,21). The van der Waals surface area contributed by atoms with E-state index in [1.54, 1.807) is 6.07 Å². The summed E-state index contributed by atoms with van der Waals surface area (Å²) in [6.45, 7) is 4.86. The molecule has 1 aromatic rings. The van der Waals surface area contributed by atoms with Gasteiger partial charge in [-0.1, -0.05) is 32.8 Å². The minimum Gasteiger partial charge on any atom is -0.395 e. The molecule has 21 heavy (non-hydrogen) atoms. The van der Waals surface area contributed by atoms with E-state index in [9.17, 15) is 4.79 Å². The summed E-state index contributed by atoms with van der Waals surface area (Å²) in [5, 5.41) is 15.0. The number of benzene rings is 1. The molecule has 1 atom stereocenters. The van der Waals surface area contributed by atoms with Gasteiger partial charge in [0, 0.05) is 23.8 Å². The van der Waals surface area contributed by atoms with Gasteiger partial charge in [-0.05, 0) is 36.5 Å². The van der Waals surface area contributed by atoms with E-state index < -0.39 is 0 Å². The van der Waals surface area contributed by atoms with Gasteiger partial charge in [0.1, 0.15) is 0 Å². The lowest BCUT2D eigenvalue weighted by Gasteiger charge is -2.39. The topological polar surface area (TPSA) is 61.4 Å². The van der Waals surface area contributed by atoms with Crippen LogP contribution >= 0.6 is 0 Å². The molecule has 1 aromatic carbocycles. The van der Waals surface area contributed by atoms with E-state index in [2.05, 4.69) is 24.5 Å². The molecule has 1 fully saturated rings. The monoisotopic (exact) mass is 290 g/mol. The quantitative estimate of drug-likeness (QED) is 0.781. The Morgan fingerprint density at radius 2 is 2.19 bits per heavy atom. The van der Waals surface area contributed by atoms with Crippen molar-refractivity contribution in [2.45, 2.75) is 45.6 Å². The number of aliphatic hydroxyl groups excluding tert-OH is 1. The Balaban J connectivity index is 2.05. The zero-order chi connectivity index (χ0) is 15.3. The van der Waals surface area contributed by atoms with Crippen LogP contribution in [-0.4, -0.2) is 30.2 Å². The zero-order valence-electron chi connectivity index (χ0n) is 13.0. The number of aliphatic hydroxyl groups is 1. The van der Waals surface area contributed by atoms with Crippen molar-refractivity contribution in [3.63, 3.8) is 0 Å². The molecule has 0 aromatic heterocycles. The number of nitrogens with one attached hydrogen (secondary N) is 2. The predicted octanol–water partition coefficient (Wildman–Crippen LogP) is 2.79. The average molecular weight is 290 g/mol. The fraction of sp³-hybridized carbons (Fsp3) is 0.588. The van der Waals surface area contributed by atoms with Gasteiger partial charge in [0.05, 0.1) is 6.61 Å². The summed E-state index contributed by atoms with van der Waals surface area (Å²) in [4.78, 5) is 11.9. The number of hydrogen-bond donors (Lipinski definition) is 3. The SMILES string of the molecule is CC1(C)CCCCC1Nc1cccc(C(=O)NCCO)c1. The van der Waals surface area contributed by atoms with Gasteiger partial charge in [-0.25, -0.2) is 0 Å². The highest BCUT2D eigenvalue weighted by molar-refractivity contribution is 5.95. The normalized spacial score (nSPS) is 20.8. The minimum absolute atomic E-state index is 0.0417. The third-order valence-corrected chi connectivity index (χ3v) is 4.37. The number of carbonyl (C=O) groups is 1.